The highest BCUT2D eigenvalue weighted by molar-refractivity contribution is 7.80. The van der Waals surface area contributed by atoms with Crippen molar-refractivity contribution < 1.29 is 27.5 Å². The van der Waals surface area contributed by atoms with Crippen molar-refractivity contribution in [3.05, 3.63) is 95.6 Å². The van der Waals surface area contributed by atoms with Crippen LogP contribution in [0.2, 0.25) is 0 Å². The van der Waals surface area contributed by atoms with Gasteiger partial charge >= 0.3 is 6.18 Å². The van der Waals surface area contributed by atoms with Gasteiger partial charge in [-0.1, -0.05) is 42.5 Å². The minimum absolute atomic E-state index is 0.0799. The lowest BCUT2D eigenvalue weighted by Gasteiger charge is -2.38. The number of carbonyl (C=O) groups excluding carboxylic acids is 2. The van der Waals surface area contributed by atoms with Crippen molar-refractivity contribution in [3.63, 3.8) is 0 Å². The summed E-state index contributed by atoms with van der Waals surface area (Å²) >= 11 is 5.54. The number of ether oxygens (including phenoxy) is 1. The lowest BCUT2D eigenvalue weighted by molar-refractivity contribution is -0.144. The van der Waals surface area contributed by atoms with Crippen LogP contribution in [0.1, 0.15) is 36.6 Å². The van der Waals surface area contributed by atoms with E-state index in [2.05, 4.69) is 15.5 Å². The number of halogens is 3. The van der Waals surface area contributed by atoms with Crippen molar-refractivity contribution in [2.75, 3.05) is 49.6 Å². The van der Waals surface area contributed by atoms with Crippen LogP contribution in [0.5, 0.6) is 0 Å². The highest BCUT2D eigenvalue weighted by Gasteiger charge is 2.40. The number of hydrogen-bond donors (Lipinski definition) is 2. The van der Waals surface area contributed by atoms with E-state index in [-0.39, 0.29) is 19.1 Å². The highest BCUT2D eigenvalue weighted by Crippen LogP contribution is 2.30. The Hall–Kier alpha value is -4.16. The number of carbonyl (C=O) groups is 2. The quantitative estimate of drug-likeness (QED) is 0.311. The maximum atomic E-state index is 14.0. The van der Waals surface area contributed by atoms with Gasteiger partial charge in [-0.2, -0.15) is 13.2 Å². The van der Waals surface area contributed by atoms with Gasteiger partial charge in [0.05, 0.1) is 31.4 Å². The molecule has 45 heavy (non-hydrogen) atoms. The van der Waals surface area contributed by atoms with E-state index < -0.39 is 29.1 Å². The summed E-state index contributed by atoms with van der Waals surface area (Å²) in [6.45, 7) is 6.37. The van der Waals surface area contributed by atoms with Gasteiger partial charge in [-0.3, -0.25) is 9.59 Å². The molecule has 1 atom stereocenters. The molecule has 2 fully saturated rings. The average Bonchev–Trinajstić information content (AvgIpc) is 3.40. The van der Waals surface area contributed by atoms with Gasteiger partial charge in [-0.15, -0.1) is 0 Å². The van der Waals surface area contributed by atoms with Crippen LogP contribution in [0.25, 0.3) is 0 Å². The number of amides is 2. The lowest BCUT2D eigenvalue weighted by Crippen LogP contribution is -2.57. The van der Waals surface area contributed by atoms with Crippen LogP contribution in [0, 0.1) is 0 Å². The molecular weight excluding hydrogens is 603 g/mol. The normalized spacial score (nSPS) is 17.2. The zero-order chi connectivity index (χ0) is 32.2. The molecule has 238 valence electrons. The Morgan fingerprint density at radius 1 is 0.978 bits per heavy atom. The Morgan fingerprint density at radius 3 is 2.24 bits per heavy atom. The molecule has 0 radical (unpaired) electrons. The predicted molar refractivity (Wildman–Crippen MR) is 171 cm³/mol. The molecule has 3 aromatic carbocycles. The van der Waals surface area contributed by atoms with Gasteiger partial charge in [0.15, 0.2) is 5.11 Å². The third-order valence-corrected chi connectivity index (χ3v) is 8.55. The second-order valence-electron chi connectivity index (χ2n) is 11.6. The van der Waals surface area contributed by atoms with E-state index in [1.807, 2.05) is 42.5 Å². The number of alkyl halides is 3. The van der Waals surface area contributed by atoms with Crippen molar-refractivity contribution in [2.45, 2.75) is 38.1 Å². The van der Waals surface area contributed by atoms with Crippen LogP contribution in [0.4, 0.5) is 24.5 Å². The van der Waals surface area contributed by atoms with E-state index >= 15 is 0 Å². The van der Waals surface area contributed by atoms with Crippen LogP contribution in [-0.2, 0) is 27.0 Å². The van der Waals surface area contributed by atoms with E-state index in [0.717, 1.165) is 36.5 Å². The molecule has 2 amide bonds. The molecule has 5 rings (SSSR count). The molecule has 2 aliphatic heterocycles. The minimum atomic E-state index is -4.49. The number of benzene rings is 3. The van der Waals surface area contributed by atoms with Crippen molar-refractivity contribution in [1.29, 1.82) is 0 Å². The van der Waals surface area contributed by atoms with Gasteiger partial charge in [0.1, 0.15) is 5.54 Å². The summed E-state index contributed by atoms with van der Waals surface area (Å²) in [7, 11) is 0. The third kappa shape index (κ3) is 7.74. The molecule has 2 N–H and O–H groups in total. The second-order valence-corrected chi connectivity index (χ2v) is 12.0. The molecule has 0 unspecified atom stereocenters. The molecule has 0 aliphatic carbocycles. The van der Waals surface area contributed by atoms with E-state index in [9.17, 15) is 22.8 Å². The SMILES string of the molecule is CC(C)(C(=O)Nc1ccc(N2CCOCC2)cc1)N(Cc1ccc(C(F)(F)F)cc1)C(=O)CN1C[C@@H](c2ccccc2)NC1=S. The molecule has 0 bridgehead atoms. The Morgan fingerprint density at radius 2 is 1.62 bits per heavy atom. The Bertz CT molecular complexity index is 1490. The van der Waals surface area contributed by atoms with Gasteiger partial charge in [0.25, 0.3) is 0 Å². The summed E-state index contributed by atoms with van der Waals surface area (Å²) in [5.74, 6) is -0.832. The van der Waals surface area contributed by atoms with Crippen LogP contribution in [0.3, 0.4) is 0 Å². The lowest BCUT2D eigenvalue weighted by atomic mass is 9.99. The third-order valence-electron chi connectivity index (χ3n) is 8.17. The number of morpholine rings is 1. The monoisotopic (exact) mass is 639 g/mol. The van der Waals surface area contributed by atoms with Crippen LogP contribution < -0.4 is 15.5 Å². The molecule has 2 saturated heterocycles. The Labute approximate surface area is 266 Å². The van der Waals surface area contributed by atoms with Gasteiger partial charge in [0.2, 0.25) is 11.8 Å². The van der Waals surface area contributed by atoms with E-state index in [0.29, 0.717) is 36.1 Å². The van der Waals surface area contributed by atoms with Crippen molar-refractivity contribution in [3.8, 4) is 0 Å². The fraction of sp³-hybridized carbons (Fsp3) is 0.364. The van der Waals surface area contributed by atoms with Crippen LogP contribution in [-0.4, -0.2) is 71.7 Å². The summed E-state index contributed by atoms with van der Waals surface area (Å²) < 4.78 is 45.1. The van der Waals surface area contributed by atoms with E-state index in [1.54, 1.807) is 30.9 Å². The maximum Gasteiger partial charge on any atom is 0.416 e. The standard InChI is InChI=1S/C33H36F3N5O3S/c1-32(2,30(43)37-26-12-14-27(15-13-26)39-16-18-44-19-17-39)41(20-23-8-10-25(11-9-23)33(34,35)36)29(42)22-40-21-28(38-31(40)45)24-6-4-3-5-7-24/h3-15,28H,16-22H2,1-2H3,(H,37,43)(H,38,45)/t28-/m0/s1. The first-order valence-electron chi connectivity index (χ1n) is 14.7. The van der Waals surface area contributed by atoms with Crippen molar-refractivity contribution in [2.24, 2.45) is 0 Å². The summed E-state index contributed by atoms with van der Waals surface area (Å²) in [5.41, 5.74) is 0.881. The number of hydrogen-bond acceptors (Lipinski definition) is 5. The fourth-order valence-corrected chi connectivity index (χ4v) is 5.69. The summed E-state index contributed by atoms with van der Waals surface area (Å²) in [6, 6.07) is 21.7. The number of anilines is 2. The molecule has 2 aliphatic rings. The molecule has 8 nitrogen and oxygen atoms in total. The van der Waals surface area contributed by atoms with E-state index in [4.69, 9.17) is 17.0 Å². The first-order valence-corrected chi connectivity index (χ1v) is 15.1. The number of nitrogens with one attached hydrogen (secondary N) is 2. The summed E-state index contributed by atoms with van der Waals surface area (Å²) in [6.07, 6.45) is -4.49. The van der Waals surface area contributed by atoms with Gasteiger partial charge < -0.3 is 30.1 Å². The van der Waals surface area contributed by atoms with E-state index in [1.165, 1.54) is 17.0 Å². The second kappa shape index (κ2) is 13.5. The Kier molecular flexibility index (Phi) is 9.64. The van der Waals surface area contributed by atoms with Gasteiger partial charge in [-0.25, -0.2) is 0 Å². The highest BCUT2D eigenvalue weighted by atomic mass is 32.1. The molecule has 0 saturated carbocycles. The summed E-state index contributed by atoms with van der Waals surface area (Å²) in [4.78, 5) is 33.0. The topological polar surface area (TPSA) is 77.2 Å². The minimum Gasteiger partial charge on any atom is -0.378 e. The molecule has 12 heteroatoms. The smallest absolute Gasteiger partial charge is 0.378 e. The predicted octanol–water partition coefficient (Wildman–Crippen LogP) is 5.22. The first kappa shape index (κ1) is 32.2. The number of nitrogens with zero attached hydrogens (tertiary/aromatic N) is 3. The number of thiocarbonyl (C=S) groups is 1. The van der Waals surface area contributed by atoms with Gasteiger partial charge in [0, 0.05) is 37.6 Å². The van der Waals surface area contributed by atoms with Crippen LogP contribution in [0.15, 0.2) is 78.9 Å². The molecular formula is C33H36F3N5O3S. The average molecular weight is 640 g/mol. The Balaban J connectivity index is 1.34. The first-order chi connectivity index (χ1) is 21.4. The fourth-order valence-electron chi connectivity index (χ4n) is 5.41. The zero-order valence-electron chi connectivity index (χ0n) is 25.1. The van der Waals surface area contributed by atoms with Crippen molar-refractivity contribution in [1.82, 2.24) is 15.1 Å². The largest absolute Gasteiger partial charge is 0.416 e. The zero-order valence-corrected chi connectivity index (χ0v) is 26.0. The molecule has 2 heterocycles. The summed E-state index contributed by atoms with van der Waals surface area (Å²) in [5, 5.41) is 6.58. The molecule has 0 aromatic heterocycles. The number of rotatable bonds is 9. The van der Waals surface area contributed by atoms with Crippen LogP contribution >= 0.6 is 12.2 Å². The molecule has 3 aromatic rings. The van der Waals surface area contributed by atoms with Gasteiger partial charge in [-0.05, 0) is 73.6 Å². The maximum absolute atomic E-state index is 14.0. The molecule has 0 spiro atoms. The van der Waals surface area contributed by atoms with Crippen molar-refractivity contribution >= 4 is 40.5 Å².